The first kappa shape index (κ1) is 10.4. The molecule has 0 amide bonds. The van der Waals surface area contributed by atoms with E-state index in [0.29, 0.717) is 10.8 Å². The highest BCUT2D eigenvalue weighted by Crippen LogP contribution is 2.43. The summed E-state index contributed by atoms with van der Waals surface area (Å²) in [6.45, 7) is 3.93. The van der Waals surface area contributed by atoms with Gasteiger partial charge in [0.2, 0.25) is 0 Å². The molecule has 0 saturated heterocycles. The Morgan fingerprint density at radius 1 is 1.33 bits per heavy atom. The highest BCUT2D eigenvalue weighted by Gasteiger charge is 2.27. The zero-order valence-corrected chi connectivity index (χ0v) is 9.76. The zero-order valence-electron chi connectivity index (χ0n) is 9.00. The predicted molar refractivity (Wildman–Crippen MR) is 61.5 cm³/mol. The maximum Gasteiger partial charge on any atom is 0.171 e. The van der Waals surface area contributed by atoms with E-state index in [0.717, 1.165) is 11.3 Å². The molecule has 3 heteroatoms. The molecule has 2 rings (SSSR count). The molecule has 0 saturated carbocycles. The van der Waals surface area contributed by atoms with Crippen LogP contribution in [0.5, 0.6) is 11.5 Å². The first-order chi connectivity index (χ1) is 7.03. The molecule has 0 fully saturated rings. The summed E-state index contributed by atoms with van der Waals surface area (Å²) in [5.41, 5.74) is 0.494. The van der Waals surface area contributed by atoms with Gasteiger partial charge in [-0.25, -0.2) is 0 Å². The molecular formula is C12H13ClO2. The second kappa shape index (κ2) is 3.46. The molecule has 0 spiro atoms. The fraction of sp³-hybridized carbons (Fsp3) is 0.333. The number of hydrogen-bond acceptors (Lipinski definition) is 2. The summed E-state index contributed by atoms with van der Waals surface area (Å²) < 4.78 is 11.1. The van der Waals surface area contributed by atoms with Gasteiger partial charge in [-0.15, -0.1) is 0 Å². The molecule has 2 nitrogen and oxygen atoms in total. The van der Waals surface area contributed by atoms with Crippen LogP contribution < -0.4 is 9.47 Å². The summed E-state index contributed by atoms with van der Waals surface area (Å²) >= 11 is 6.19. The van der Waals surface area contributed by atoms with Gasteiger partial charge in [0.1, 0.15) is 5.60 Å². The summed E-state index contributed by atoms with van der Waals surface area (Å²) in [6, 6.07) is 5.69. The van der Waals surface area contributed by atoms with Gasteiger partial charge < -0.3 is 9.47 Å². The van der Waals surface area contributed by atoms with Crippen LogP contribution >= 0.6 is 11.6 Å². The van der Waals surface area contributed by atoms with Gasteiger partial charge in [0.15, 0.2) is 11.5 Å². The van der Waals surface area contributed by atoms with Crippen LogP contribution in [0.3, 0.4) is 0 Å². The SMILES string of the molecule is COc1cccc2c1OC(C)(C)C=C2Cl. The molecule has 1 aliphatic heterocycles. The third-order valence-corrected chi connectivity index (χ3v) is 2.61. The van der Waals surface area contributed by atoms with Gasteiger partial charge in [-0.2, -0.15) is 0 Å². The van der Waals surface area contributed by atoms with Crippen molar-refractivity contribution in [1.82, 2.24) is 0 Å². The maximum atomic E-state index is 6.19. The van der Waals surface area contributed by atoms with Crippen LogP contribution in [0, 0.1) is 0 Å². The lowest BCUT2D eigenvalue weighted by molar-refractivity contribution is 0.152. The number of methoxy groups -OCH3 is 1. The average molecular weight is 225 g/mol. The quantitative estimate of drug-likeness (QED) is 0.728. The third kappa shape index (κ3) is 1.82. The van der Waals surface area contributed by atoms with Crippen molar-refractivity contribution in [3.05, 3.63) is 29.8 Å². The monoisotopic (exact) mass is 224 g/mol. The van der Waals surface area contributed by atoms with Crippen LogP contribution in [-0.2, 0) is 0 Å². The second-order valence-electron chi connectivity index (χ2n) is 4.03. The Morgan fingerprint density at radius 2 is 2.07 bits per heavy atom. The Balaban J connectivity index is 2.59. The smallest absolute Gasteiger partial charge is 0.171 e. The molecular weight excluding hydrogens is 212 g/mol. The Morgan fingerprint density at radius 3 is 2.73 bits per heavy atom. The van der Waals surface area contributed by atoms with Crippen molar-refractivity contribution < 1.29 is 9.47 Å². The van der Waals surface area contributed by atoms with Crippen LogP contribution in [0.2, 0.25) is 0 Å². The lowest BCUT2D eigenvalue weighted by Crippen LogP contribution is -2.28. The largest absolute Gasteiger partial charge is 0.493 e. The van der Waals surface area contributed by atoms with Crippen LogP contribution in [0.15, 0.2) is 24.3 Å². The van der Waals surface area contributed by atoms with E-state index in [2.05, 4.69) is 0 Å². The van der Waals surface area contributed by atoms with Crippen molar-refractivity contribution in [3.63, 3.8) is 0 Å². The maximum absolute atomic E-state index is 6.19. The topological polar surface area (TPSA) is 18.5 Å². The van der Waals surface area contributed by atoms with Crippen molar-refractivity contribution in [2.45, 2.75) is 19.4 Å². The number of rotatable bonds is 1. The Bertz CT molecular complexity index is 422. The van der Waals surface area contributed by atoms with Gasteiger partial charge in [0.05, 0.1) is 12.1 Å². The molecule has 80 valence electrons. The van der Waals surface area contributed by atoms with Crippen molar-refractivity contribution in [3.8, 4) is 11.5 Å². The van der Waals surface area contributed by atoms with Crippen molar-refractivity contribution in [1.29, 1.82) is 0 Å². The van der Waals surface area contributed by atoms with E-state index in [-0.39, 0.29) is 0 Å². The second-order valence-corrected chi connectivity index (χ2v) is 4.44. The highest BCUT2D eigenvalue weighted by molar-refractivity contribution is 6.49. The number of halogens is 1. The molecule has 0 bridgehead atoms. The summed E-state index contributed by atoms with van der Waals surface area (Å²) in [7, 11) is 1.62. The van der Waals surface area contributed by atoms with Gasteiger partial charge in [0, 0.05) is 5.56 Å². The highest BCUT2D eigenvalue weighted by atomic mass is 35.5. The number of fused-ring (bicyclic) bond motifs is 1. The minimum atomic E-state index is -0.390. The van der Waals surface area contributed by atoms with E-state index in [1.54, 1.807) is 7.11 Å². The molecule has 1 aromatic carbocycles. The number of hydrogen-bond donors (Lipinski definition) is 0. The van der Waals surface area contributed by atoms with Gasteiger partial charge in [0.25, 0.3) is 0 Å². The molecule has 0 N–H and O–H groups in total. The number of benzene rings is 1. The van der Waals surface area contributed by atoms with Crippen LogP contribution in [-0.4, -0.2) is 12.7 Å². The van der Waals surface area contributed by atoms with E-state index in [9.17, 15) is 0 Å². The first-order valence-electron chi connectivity index (χ1n) is 4.78. The van der Waals surface area contributed by atoms with E-state index in [4.69, 9.17) is 21.1 Å². The third-order valence-electron chi connectivity index (χ3n) is 2.30. The Kier molecular flexibility index (Phi) is 2.39. The normalized spacial score (nSPS) is 17.5. The van der Waals surface area contributed by atoms with Crippen molar-refractivity contribution in [2.75, 3.05) is 7.11 Å². The molecule has 1 aromatic rings. The number of ether oxygens (including phenoxy) is 2. The van der Waals surface area contributed by atoms with E-state index in [1.807, 2.05) is 38.1 Å². The zero-order chi connectivity index (χ0) is 11.1. The Labute approximate surface area is 94.5 Å². The molecule has 1 aliphatic rings. The summed E-state index contributed by atoms with van der Waals surface area (Å²) in [5.74, 6) is 1.43. The van der Waals surface area contributed by atoms with Crippen LogP contribution in [0.1, 0.15) is 19.4 Å². The summed E-state index contributed by atoms with van der Waals surface area (Å²) in [5, 5.41) is 0.708. The lowest BCUT2D eigenvalue weighted by atomic mass is 10.0. The molecule has 0 unspecified atom stereocenters. The van der Waals surface area contributed by atoms with Gasteiger partial charge >= 0.3 is 0 Å². The Hall–Kier alpha value is -1.15. The fourth-order valence-electron chi connectivity index (χ4n) is 1.65. The number of para-hydroxylation sites is 1. The predicted octanol–water partition coefficient (Wildman–Crippen LogP) is 3.45. The molecule has 0 aliphatic carbocycles. The van der Waals surface area contributed by atoms with Crippen molar-refractivity contribution >= 4 is 16.6 Å². The molecule has 0 aromatic heterocycles. The average Bonchev–Trinajstić information content (AvgIpc) is 2.15. The van der Waals surface area contributed by atoms with E-state index < -0.39 is 5.60 Å². The van der Waals surface area contributed by atoms with E-state index >= 15 is 0 Å². The van der Waals surface area contributed by atoms with E-state index in [1.165, 1.54) is 0 Å². The minimum Gasteiger partial charge on any atom is -0.493 e. The van der Waals surface area contributed by atoms with Gasteiger partial charge in [-0.1, -0.05) is 17.7 Å². The van der Waals surface area contributed by atoms with Crippen molar-refractivity contribution in [2.24, 2.45) is 0 Å². The lowest BCUT2D eigenvalue weighted by Gasteiger charge is -2.30. The molecule has 15 heavy (non-hydrogen) atoms. The molecule has 1 heterocycles. The van der Waals surface area contributed by atoms with Crippen LogP contribution in [0.25, 0.3) is 5.03 Å². The molecule has 0 radical (unpaired) electrons. The molecule has 0 atom stereocenters. The summed E-state index contributed by atoms with van der Waals surface area (Å²) in [6.07, 6.45) is 1.90. The van der Waals surface area contributed by atoms with Gasteiger partial charge in [-0.05, 0) is 32.1 Å². The summed E-state index contributed by atoms with van der Waals surface area (Å²) in [4.78, 5) is 0. The van der Waals surface area contributed by atoms with Gasteiger partial charge in [-0.3, -0.25) is 0 Å². The van der Waals surface area contributed by atoms with Crippen LogP contribution in [0.4, 0.5) is 0 Å². The minimum absolute atomic E-state index is 0.390. The standard InChI is InChI=1S/C12H13ClO2/c1-12(2)7-9(13)8-5-4-6-10(14-3)11(8)15-12/h4-7H,1-3H3. The first-order valence-corrected chi connectivity index (χ1v) is 5.16. The fourth-order valence-corrected chi connectivity index (χ4v) is 2.06.